The molecule has 2 aromatic rings. The Morgan fingerprint density at radius 3 is 2.44 bits per heavy atom. The fraction of sp³-hybridized carbons (Fsp3) is 0.565. The first-order valence-corrected chi connectivity index (χ1v) is 11.4. The minimum Gasteiger partial charge on any atom is -0.360 e. The number of aromatic nitrogens is 1. The van der Waals surface area contributed by atoms with Crippen LogP contribution in [0.1, 0.15) is 38.5 Å². The lowest BCUT2D eigenvalue weighted by molar-refractivity contribution is -0.183. The zero-order chi connectivity index (χ0) is 23.3. The third-order valence-corrected chi connectivity index (χ3v) is 6.48. The Morgan fingerprint density at radius 2 is 1.82 bits per heavy atom. The first-order chi connectivity index (χ1) is 15.2. The number of carbonyl (C=O) groups excluding carboxylic acids is 1. The fourth-order valence-corrected chi connectivity index (χ4v) is 4.47. The van der Waals surface area contributed by atoms with Crippen LogP contribution in [0.3, 0.4) is 0 Å². The summed E-state index contributed by atoms with van der Waals surface area (Å²) in [5.74, 6) is -0.693. The van der Waals surface area contributed by atoms with E-state index in [-0.39, 0.29) is 55.9 Å². The van der Waals surface area contributed by atoms with Crippen LogP contribution in [0.25, 0.3) is 10.9 Å². The van der Waals surface area contributed by atoms with Gasteiger partial charge in [0.25, 0.3) is 0 Å². The summed E-state index contributed by atoms with van der Waals surface area (Å²) in [5, 5.41) is 7.14. The van der Waals surface area contributed by atoms with E-state index in [1.165, 1.54) is 0 Å². The van der Waals surface area contributed by atoms with Gasteiger partial charge in [-0.3, -0.25) is 4.79 Å². The minimum atomic E-state index is -4.14. The molecule has 11 heteroatoms. The van der Waals surface area contributed by atoms with Crippen LogP contribution >= 0.6 is 36.4 Å². The summed E-state index contributed by atoms with van der Waals surface area (Å²) in [6, 6.07) is 7.30. The molecule has 1 saturated carbocycles. The molecular weight excluding hydrogens is 512 g/mol. The average molecular weight is 544 g/mol. The second kappa shape index (κ2) is 13.6. The average Bonchev–Trinajstić information content (AvgIpc) is 2.75. The maximum absolute atomic E-state index is 12.9. The highest BCUT2D eigenvalue weighted by Gasteiger charge is 2.41. The van der Waals surface area contributed by atoms with Gasteiger partial charge in [0.2, 0.25) is 5.91 Å². The van der Waals surface area contributed by atoms with E-state index >= 15 is 0 Å². The number of benzene rings is 1. The number of hydrogen-bond donors (Lipinski definition) is 2. The zero-order valence-corrected chi connectivity index (χ0v) is 21.6. The molecule has 3 rings (SSSR count). The maximum atomic E-state index is 12.9. The van der Waals surface area contributed by atoms with Crippen LogP contribution in [-0.4, -0.2) is 44.3 Å². The molecule has 34 heavy (non-hydrogen) atoms. The van der Waals surface area contributed by atoms with Crippen molar-refractivity contribution in [3.05, 3.63) is 29.3 Å². The van der Waals surface area contributed by atoms with Crippen molar-refractivity contribution < 1.29 is 18.0 Å². The molecule has 1 amide bonds. The van der Waals surface area contributed by atoms with E-state index in [1.54, 1.807) is 6.07 Å². The number of nitrogens with one attached hydrogen (secondary N) is 2. The third kappa shape index (κ3) is 8.04. The molecule has 0 bridgehead atoms. The summed E-state index contributed by atoms with van der Waals surface area (Å²) in [4.78, 5) is 19.4. The van der Waals surface area contributed by atoms with Crippen LogP contribution in [0.4, 0.5) is 24.7 Å². The largest absolute Gasteiger partial charge is 0.391 e. The van der Waals surface area contributed by atoms with Crippen molar-refractivity contribution >= 4 is 64.7 Å². The van der Waals surface area contributed by atoms with Crippen LogP contribution in [0.15, 0.2) is 24.3 Å². The van der Waals surface area contributed by atoms with E-state index in [9.17, 15) is 18.0 Å². The van der Waals surface area contributed by atoms with Crippen molar-refractivity contribution in [1.82, 2.24) is 10.3 Å². The van der Waals surface area contributed by atoms with Gasteiger partial charge < -0.3 is 15.5 Å². The summed E-state index contributed by atoms with van der Waals surface area (Å²) in [5.41, 5.74) is 1.21. The van der Waals surface area contributed by atoms with Gasteiger partial charge in [-0.2, -0.15) is 13.2 Å². The fourth-order valence-electron chi connectivity index (χ4n) is 4.26. The highest BCUT2D eigenvalue weighted by molar-refractivity contribution is 6.35. The quantitative estimate of drug-likeness (QED) is 0.375. The smallest absolute Gasteiger partial charge is 0.360 e. The van der Waals surface area contributed by atoms with E-state index < -0.39 is 12.1 Å². The minimum absolute atomic E-state index is 0. The van der Waals surface area contributed by atoms with Gasteiger partial charge in [0.1, 0.15) is 5.82 Å². The first kappa shape index (κ1) is 30.6. The number of nitrogens with zero attached hydrogens (tertiary/aromatic N) is 2. The van der Waals surface area contributed by atoms with Crippen molar-refractivity contribution in [3.63, 3.8) is 0 Å². The number of carbonyl (C=O) groups is 1. The van der Waals surface area contributed by atoms with Crippen LogP contribution in [0, 0.1) is 11.8 Å². The summed E-state index contributed by atoms with van der Waals surface area (Å²) in [6.45, 7) is 1.77. The molecule has 0 atom stereocenters. The van der Waals surface area contributed by atoms with Gasteiger partial charge in [-0.25, -0.2) is 4.98 Å². The first-order valence-electron chi connectivity index (χ1n) is 11.0. The number of amides is 1. The van der Waals surface area contributed by atoms with E-state index in [1.807, 2.05) is 32.3 Å². The second-order valence-corrected chi connectivity index (χ2v) is 8.96. The summed E-state index contributed by atoms with van der Waals surface area (Å²) >= 11 is 6.36. The van der Waals surface area contributed by atoms with Gasteiger partial charge in [-0.15, -0.1) is 24.8 Å². The number of halogens is 6. The Kier molecular flexibility index (Phi) is 12.2. The lowest BCUT2D eigenvalue weighted by atomic mass is 9.80. The summed E-state index contributed by atoms with van der Waals surface area (Å²) in [7, 11) is 3.90. The predicted octanol–water partition coefficient (Wildman–Crippen LogP) is 6.47. The summed E-state index contributed by atoms with van der Waals surface area (Å²) in [6.07, 6.45) is -1.97. The molecule has 0 spiro atoms. The molecule has 5 nitrogen and oxygen atoms in total. The Labute approximate surface area is 216 Å². The topological polar surface area (TPSA) is 57.3 Å². The van der Waals surface area contributed by atoms with Crippen LogP contribution in [0.2, 0.25) is 5.02 Å². The number of rotatable bonds is 8. The van der Waals surface area contributed by atoms with Crippen LogP contribution < -0.4 is 15.5 Å². The van der Waals surface area contributed by atoms with Crippen molar-refractivity contribution in [1.29, 1.82) is 0 Å². The van der Waals surface area contributed by atoms with E-state index in [0.29, 0.717) is 29.1 Å². The normalized spacial score (nSPS) is 18.1. The molecule has 0 aliphatic heterocycles. The van der Waals surface area contributed by atoms with Crippen molar-refractivity contribution in [2.24, 2.45) is 11.8 Å². The number of fused-ring (bicyclic) bond motifs is 1. The molecule has 0 radical (unpaired) electrons. The van der Waals surface area contributed by atoms with Crippen molar-refractivity contribution in [3.8, 4) is 0 Å². The van der Waals surface area contributed by atoms with E-state index in [0.717, 1.165) is 30.7 Å². The summed E-state index contributed by atoms with van der Waals surface area (Å²) < 4.78 is 38.6. The Bertz CT molecular complexity index is 938. The number of pyridine rings is 1. The van der Waals surface area contributed by atoms with Gasteiger partial charge in [0.05, 0.1) is 22.1 Å². The van der Waals surface area contributed by atoms with Gasteiger partial charge in [-0.1, -0.05) is 11.6 Å². The molecule has 1 aliphatic carbocycles. The molecule has 0 unspecified atom stereocenters. The van der Waals surface area contributed by atoms with Crippen LogP contribution in [0.5, 0.6) is 0 Å². The molecule has 1 fully saturated rings. The molecule has 2 N–H and O–H groups in total. The predicted molar refractivity (Wildman–Crippen MR) is 138 cm³/mol. The van der Waals surface area contributed by atoms with E-state index in [2.05, 4.69) is 15.5 Å². The SMILES string of the molecule is CNCCCN(C)c1ccc2c(NC(=O)CC3CCC(C(F)(F)F)CC3)c(Cl)ccc2n1.Cl.Cl. The molecule has 1 aromatic heterocycles. The molecule has 1 heterocycles. The molecule has 192 valence electrons. The molecule has 0 saturated heterocycles. The Morgan fingerprint density at radius 1 is 1.15 bits per heavy atom. The maximum Gasteiger partial charge on any atom is 0.391 e. The monoisotopic (exact) mass is 542 g/mol. The van der Waals surface area contributed by atoms with E-state index in [4.69, 9.17) is 16.6 Å². The number of hydrogen-bond acceptors (Lipinski definition) is 4. The Hall–Kier alpha value is -1.48. The molecular formula is C23H32Cl3F3N4O. The lowest BCUT2D eigenvalue weighted by Gasteiger charge is -2.29. The number of alkyl halides is 3. The lowest BCUT2D eigenvalue weighted by Crippen LogP contribution is -2.29. The molecule has 1 aliphatic rings. The standard InChI is InChI=1S/C23H30ClF3N4O.2ClH/c1-28-12-3-13-31(2)20-11-8-17-19(29-20)10-9-18(24)22(17)30-21(32)14-15-4-6-16(7-5-15)23(25,26)27;;/h8-11,15-16,28H,3-7,12-14H2,1-2H3,(H,30,32);2*1H. The highest BCUT2D eigenvalue weighted by Crippen LogP contribution is 2.40. The second-order valence-electron chi connectivity index (χ2n) is 8.55. The molecule has 1 aromatic carbocycles. The number of anilines is 2. The van der Waals surface area contributed by atoms with Gasteiger partial charge in [0.15, 0.2) is 0 Å². The third-order valence-electron chi connectivity index (χ3n) is 6.17. The van der Waals surface area contributed by atoms with Crippen molar-refractivity contribution in [2.75, 3.05) is 37.4 Å². The van der Waals surface area contributed by atoms with Gasteiger partial charge in [-0.05, 0) is 75.9 Å². The van der Waals surface area contributed by atoms with Gasteiger partial charge >= 0.3 is 6.18 Å². The zero-order valence-electron chi connectivity index (χ0n) is 19.3. The van der Waals surface area contributed by atoms with Gasteiger partial charge in [0, 0.05) is 25.4 Å². The van der Waals surface area contributed by atoms with Crippen molar-refractivity contribution in [2.45, 2.75) is 44.7 Å². The van der Waals surface area contributed by atoms with Crippen LogP contribution in [-0.2, 0) is 4.79 Å². The highest BCUT2D eigenvalue weighted by atomic mass is 35.5. The Balaban J connectivity index is 0.00000289.